The van der Waals surface area contributed by atoms with Crippen LogP contribution in [-0.4, -0.2) is 7.11 Å². The van der Waals surface area contributed by atoms with Crippen molar-refractivity contribution in [1.29, 1.82) is 5.26 Å². The van der Waals surface area contributed by atoms with E-state index in [4.69, 9.17) is 14.7 Å². The van der Waals surface area contributed by atoms with E-state index in [-0.39, 0.29) is 5.82 Å². The fraction of sp³-hybridized carbons (Fsp3) is 0.133. The average Bonchev–Trinajstić information content (AvgIpc) is 2.46. The molecule has 0 aliphatic heterocycles. The minimum atomic E-state index is -0.299. The van der Waals surface area contributed by atoms with Gasteiger partial charge in [-0.05, 0) is 42.0 Å². The predicted octanol–water partition coefficient (Wildman–Crippen LogP) is 3.28. The molecule has 0 aliphatic carbocycles. The SMILES string of the molecule is COc1cc(COc2ccc(F)cc2)ccc1C#N. The summed E-state index contributed by atoms with van der Waals surface area (Å²) in [5, 5.41) is 8.88. The van der Waals surface area contributed by atoms with E-state index >= 15 is 0 Å². The molecule has 19 heavy (non-hydrogen) atoms. The lowest BCUT2D eigenvalue weighted by Gasteiger charge is -2.08. The van der Waals surface area contributed by atoms with Crippen molar-refractivity contribution in [2.75, 3.05) is 7.11 Å². The first-order valence-corrected chi connectivity index (χ1v) is 5.68. The highest BCUT2D eigenvalue weighted by Crippen LogP contribution is 2.20. The van der Waals surface area contributed by atoms with E-state index in [1.807, 2.05) is 6.07 Å². The van der Waals surface area contributed by atoms with E-state index in [0.29, 0.717) is 23.7 Å². The summed E-state index contributed by atoms with van der Waals surface area (Å²) in [6, 6.07) is 13.1. The molecule has 0 saturated heterocycles. The lowest BCUT2D eigenvalue weighted by atomic mass is 10.1. The van der Waals surface area contributed by atoms with Crippen LogP contribution in [0.15, 0.2) is 42.5 Å². The van der Waals surface area contributed by atoms with Gasteiger partial charge in [0.2, 0.25) is 0 Å². The summed E-state index contributed by atoms with van der Waals surface area (Å²) < 4.78 is 23.4. The second-order valence-corrected chi connectivity index (χ2v) is 3.89. The quantitative estimate of drug-likeness (QED) is 0.844. The number of ether oxygens (including phenoxy) is 2. The second-order valence-electron chi connectivity index (χ2n) is 3.89. The molecule has 0 unspecified atom stereocenters. The maximum Gasteiger partial charge on any atom is 0.137 e. The first-order chi connectivity index (χ1) is 9.22. The Morgan fingerprint density at radius 1 is 1.16 bits per heavy atom. The van der Waals surface area contributed by atoms with E-state index in [0.717, 1.165) is 5.56 Å². The van der Waals surface area contributed by atoms with Crippen LogP contribution in [0.3, 0.4) is 0 Å². The van der Waals surface area contributed by atoms with Crippen molar-refractivity contribution >= 4 is 0 Å². The molecule has 0 bridgehead atoms. The van der Waals surface area contributed by atoms with Crippen molar-refractivity contribution in [1.82, 2.24) is 0 Å². The third-order valence-electron chi connectivity index (χ3n) is 2.61. The van der Waals surface area contributed by atoms with Gasteiger partial charge in [0.15, 0.2) is 0 Å². The van der Waals surface area contributed by atoms with Gasteiger partial charge in [0.25, 0.3) is 0 Å². The topological polar surface area (TPSA) is 42.2 Å². The van der Waals surface area contributed by atoms with Crippen molar-refractivity contribution in [3.63, 3.8) is 0 Å². The average molecular weight is 257 g/mol. The van der Waals surface area contributed by atoms with E-state index < -0.39 is 0 Å². The van der Waals surface area contributed by atoms with Crippen LogP contribution in [0.2, 0.25) is 0 Å². The van der Waals surface area contributed by atoms with Crippen LogP contribution < -0.4 is 9.47 Å². The molecule has 0 heterocycles. The Labute approximate surface area is 110 Å². The largest absolute Gasteiger partial charge is 0.495 e. The standard InChI is InChI=1S/C15H12FNO2/c1-18-15-8-11(2-3-12(15)9-17)10-19-14-6-4-13(16)5-7-14/h2-8H,10H2,1H3. The minimum Gasteiger partial charge on any atom is -0.495 e. The van der Waals surface area contributed by atoms with Crippen LogP contribution in [0.25, 0.3) is 0 Å². The normalized spacial score (nSPS) is 9.74. The number of benzene rings is 2. The summed E-state index contributed by atoms with van der Waals surface area (Å²) in [7, 11) is 1.51. The molecular formula is C15H12FNO2. The Morgan fingerprint density at radius 3 is 2.53 bits per heavy atom. The minimum absolute atomic E-state index is 0.299. The number of hydrogen-bond acceptors (Lipinski definition) is 3. The lowest BCUT2D eigenvalue weighted by molar-refractivity contribution is 0.304. The van der Waals surface area contributed by atoms with E-state index in [1.54, 1.807) is 30.3 Å². The molecule has 0 aliphatic rings. The Balaban J connectivity index is 2.07. The molecule has 0 N–H and O–H groups in total. The zero-order valence-corrected chi connectivity index (χ0v) is 10.4. The number of nitriles is 1. The van der Waals surface area contributed by atoms with Crippen LogP contribution in [0.1, 0.15) is 11.1 Å². The third kappa shape index (κ3) is 3.23. The van der Waals surface area contributed by atoms with E-state index in [2.05, 4.69) is 0 Å². The van der Waals surface area contributed by atoms with Crippen molar-refractivity contribution in [2.45, 2.75) is 6.61 Å². The van der Waals surface area contributed by atoms with Gasteiger partial charge in [-0.2, -0.15) is 5.26 Å². The van der Waals surface area contributed by atoms with Gasteiger partial charge in [0.1, 0.15) is 30.0 Å². The van der Waals surface area contributed by atoms with Gasteiger partial charge >= 0.3 is 0 Å². The molecule has 0 spiro atoms. The zero-order chi connectivity index (χ0) is 13.7. The number of nitrogens with zero attached hydrogens (tertiary/aromatic N) is 1. The summed E-state index contributed by atoms with van der Waals surface area (Å²) in [4.78, 5) is 0. The zero-order valence-electron chi connectivity index (χ0n) is 10.4. The van der Waals surface area contributed by atoms with Crippen molar-refractivity contribution in [3.8, 4) is 17.6 Å². The summed E-state index contributed by atoms with van der Waals surface area (Å²) >= 11 is 0. The summed E-state index contributed by atoms with van der Waals surface area (Å²) in [6.45, 7) is 0.327. The first-order valence-electron chi connectivity index (χ1n) is 5.68. The van der Waals surface area contributed by atoms with Gasteiger partial charge in [-0.1, -0.05) is 6.07 Å². The smallest absolute Gasteiger partial charge is 0.137 e. The molecular weight excluding hydrogens is 245 g/mol. The fourth-order valence-electron chi connectivity index (χ4n) is 1.62. The predicted molar refractivity (Wildman–Crippen MR) is 68.4 cm³/mol. The molecule has 0 atom stereocenters. The van der Waals surface area contributed by atoms with Gasteiger partial charge in [-0.3, -0.25) is 0 Å². The Morgan fingerprint density at radius 2 is 1.89 bits per heavy atom. The number of halogens is 1. The summed E-state index contributed by atoms with van der Waals surface area (Å²) in [5.41, 5.74) is 1.35. The molecule has 0 radical (unpaired) electrons. The highest BCUT2D eigenvalue weighted by molar-refractivity contribution is 5.45. The summed E-state index contributed by atoms with van der Waals surface area (Å²) in [5.74, 6) is 0.805. The molecule has 0 amide bonds. The first kappa shape index (κ1) is 12.9. The molecule has 4 heteroatoms. The van der Waals surface area contributed by atoms with Crippen molar-refractivity contribution < 1.29 is 13.9 Å². The maximum absolute atomic E-state index is 12.7. The van der Waals surface area contributed by atoms with E-state index in [1.165, 1.54) is 19.2 Å². The van der Waals surface area contributed by atoms with Gasteiger partial charge in [-0.15, -0.1) is 0 Å². The number of rotatable bonds is 4. The highest BCUT2D eigenvalue weighted by atomic mass is 19.1. The monoisotopic (exact) mass is 257 g/mol. The van der Waals surface area contributed by atoms with Crippen molar-refractivity contribution in [2.24, 2.45) is 0 Å². The molecule has 3 nitrogen and oxygen atoms in total. The number of hydrogen-bond donors (Lipinski definition) is 0. The van der Waals surface area contributed by atoms with Gasteiger partial charge in [0, 0.05) is 0 Å². The van der Waals surface area contributed by atoms with Crippen molar-refractivity contribution in [3.05, 3.63) is 59.4 Å². The van der Waals surface area contributed by atoms with Crippen LogP contribution >= 0.6 is 0 Å². The Bertz CT molecular complexity index is 603. The number of methoxy groups -OCH3 is 1. The Hall–Kier alpha value is -2.54. The molecule has 0 fully saturated rings. The lowest BCUT2D eigenvalue weighted by Crippen LogP contribution is -1.97. The molecule has 0 aromatic heterocycles. The molecule has 2 aromatic carbocycles. The van der Waals surface area contributed by atoms with Gasteiger partial charge in [-0.25, -0.2) is 4.39 Å². The van der Waals surface area contributed by atoms with Gasteiger partial charge in [0.05, 0.1) is 12.7 Å². The van der Waals surface area contributed by atoms with Crippen LogP contribution in [0.5, 0.6) is 11.5 Å². The highest BCUT2D eigenvalue weighted by Gasteiger charge is 2.04. The molecule has 0 saturated carbocycles. The van der Waals surface area contributed by atoms with Crippen LogP contribution in [-0.2, 0) is 6.61 Å². The molecule has 2 rings (SSSR count). The van der Waals surface area contributed by atoms with Crippen LogP contribution in [0.4, 0.5) is 4.39 Å². The van der Waals surface area contributed by atoms with E-state index in [9.17, 15) is 4.39 Å². The molecule has 2 aromatic rings. The van der Waals surface area contributed by atoms with Gasteiger partial charge < -0.3 is 9.47 Å². The van der Waals surface area contributed by atoms with Crippen LogP contribution in [0, 0.1) is 17.1 Å². The fourth-order valence-corrected chi connectivity index (χ4v) is 1.62. The summed E-state index contributed by atoms with van der Waals surface area (Å²) in [6.07, 6.45) is 0. The molecule has 96 valence electrons. The second kappa shape index (κ2) is 5.87. The Kier molecular flexibility index (Phi) is 3.99. The third-order valence-corrected chi connectivity index (χ3v) is 2.61. The maximum atomic E-state index is 12.7.